The van der Waals surface area contributed by atoms with E-state index in [0.717, 1.165) is 5.69 Å². The van der Waals surface area contributed by atoms with Crippen molar-refractivity contribution in [1.29, 1.82) is 0 Å². The molecule has 2 heterocycles. The van der Waals surface area contributed by atoms with Gasteiger partial charge in [0.25, 0.3) is 0 Å². The molecular formula is C63H48N2. The van der Waals surface area contributed by atoms with Crippen LogP contribution in [0.15, 0.2) is 212 Å². The molecule has 0 bridgehead atoms. The zero-order valence-electron chi connectivity index (χ0n) is 37.2. The van der Waals surface area contributed by atoms with Gasteiger partial charge in [-0.15, -0.1) is 0 Å². The summed E-state index contributed by atoms with van der Waals surface area (Å²) in [6.45, 7) is 9.14. The minimum absolute atomic E-state index is 0.0893. The van der Waals surface area contributed by atoms with Gasteiger partial charge in [-0.1, -0.05) is 172 Å². The highest BCUT2D eigenvalue weighted by molar-refractivity contribution is 6.11. The van der Waals surface area contributed by atoms with E-state index in [1.54, 1.807) is 0 Å². The van der Waals surface area contributed by atoms with Gasteiger partial charge in [0.2, 0.25) is 0 Å². The third-order valence-corrected chi connectivity index (χ3v) is 14.0. The van der Waals surface area contributed by atoms with Crippen LogP contribution in [0.5, 0.6) is 0 Å². The number of para-hydroxylation sites is 1. The number of hydrogen-bond acceptors (Lipinski definition) is 0. The Morgan fingerprint density at radius 3 is 1.77 bits per heavy atom. The van der Waals surface area contributed by atoms with Gasteiger partial charge in [0.15, 0.2) is 0 Å². The van der Waals surface area contributed by atoms with Crippen LogP contribution >= 0.6 is 0 Å². The van der Waals surface area contributed by atoms with Crippen molar-refractivity contribution in [2.75, 3.05) is 0 Å². The SMILES string of the molecule is C/C=C\c1c(C)n(-c2ccc3c(c2)C(C)(C)c2ccccc2-3)c2cccc(-c3cc(-c4ccccc4)cc(-c4ccc5c6ccccc6n(-c6cccc(-c7ccccc7)c6)c5c4)c3)c12. The Morgan fingerprint density at radius 1 is 0.385 bits per heavy atom. The molecule has 2 heteroatoms. The molecule has 12 rings (SSSR count). The minimum Gasteiger partial charge on any atom is -0.313 e. The van der Waals surface area contributed by atoms with E-state index in [2.05, 4.69) is 255 Å². The van der Waals surface area contributed by atoms with Crippen LogP contribution in [0.2, 0.25) is 0 Å². The quantitative estimate of drug-likeness (QED) is 0.151. The van der Waals surface area contributed by atoms with E-state index in [0.29, 0.717) is 0 Å². The molecule has 1 aliphatic carbocycles. The smallest absolute Gasteiger partial charge is 0.0547 e. The third-order valence-electron chi connectivity index (χ3n) is 14.0. The Balaban J connectivity index is 1.06. The van der Waals surface area contributed by atoms with Crippen LogP contribution in [0.25, 0.3) is 106 Å². The summed E-state index contributed by atoms with van der Waals surface area (Å²) >= 11 is 0. The van der Waals surface area contributed by atoms with Crippen molar-refractivity contribution < 1.29 is 0 Å². The molecule has 11 aromatic rings. The van der Waals surface area contributed by atoms with Gasteiger partial charge in [0.05, 0.1) is 16.6 Å². The number of allylic oxidation sites excluding steroid dienone is 1. The van der Waals surface area contributed by atoms with E-state index in [-0.39, 0.29) is 5.41 Å². The first-order chi connectivity index (χ1) is 31.9. The van der Waals surface area contributed by atoms with E-state index < -0.39 is 0 Å². The molecular weight excluding hydrogens is 785 g/mol. The standard InChI is InChI=1S/C63H48N2/c1-5-18-51-41(2)64(50-32-34-54-53-25-12-14-28-57(53)63(3,4)58(54)40-50)60-30-17-27-52(62(51)60)48-36-46(43-21-10-7-11-22-43)35-47(37-48)45-31-33-56-55-26-13-15-29-59(55)65(61(56)39-45)49-24-16-23-44(38-49)42-19-8-6-9-20-42/h5-40H,1-4H3/b18-5-. The number of aromatic nitrogens is 2. The molecule has 0 atom stereocenters. The minimum atomic E-state index is -0.0893. The van der Waals surface area contributed by atoms with Crippen molar-refractivity contribution in [2.45, 2.75) is 33.1 Å². The second-order valence-electron chi connectivity index (χ2n) is 18.1. The highest BCUT2D eigenvalue weighted by Gasteiger charge is 2.35. The zero-order chi connectivity index (χ0) is 43.8. The summed E-state index contributed by atoms with van der Waals surface area (Å²) in [6.07, 6.45) is 4.48. The lowest BCUT2D eigenvalue weighted by molar-refractivity contribution is 0.659. The summed E-state index contributed by atoms with van der Waals surface area (Å²) in [5.74, 6) is 0. The summed E-state index contributed by atoms with van der Waals surface area (Å²) in [5.41, 5.74) is 23.3. The van der Waals surface area contributed by atoms with Gasteiger partial charge in [0.1, 0.15) is 0 Å². The highest BCUT2D eigenvalue weighted by Crippen LogP contribution is 2.50. The topological polar surface area (TPSA) is 9.86 Å². The van der Waals surface area contributed by atoms with Crippen LogP contribution in [-0.2, 0) is 5.41 Å². The van der Waals surface area contributed by atoms with Gasteiger partial charge in [-0.05, 0) is 141 Å². The van der Waals surface area contributed by atoms with Gasteiger partial charge >= 0.3 is 0 Å². The van der Waals surface area contributed by atoms with E-state index in [4.69, 9.17) is 0 Å². The fraction of sp³-hybridized carbons (Fsp3) is 0.0794. The first kappa shape index (κ1) is 38.7. The second kappa shape index (κ2) is 15.1. The molecule has 0 aliphatic heterocycles. The number of fused-ring (bicyclic) bond motifs is 7. The molecule has 0 fully saturated rings. The van der Waals surface area contributed by atoms with Crippen LogP contribution in [0.1, 0.15) is 43.2 Å². The van der Waals surface area contributed by atoms with E-state index in [1.807, 2.05) is 0 Å². The fourth-order valence-corrected chi connectivity index (χ4v) is 10.9. The van der Waals surface area contributed by atoms with Crippen molar-refractivity contribution >= 4 is 38.8 Å². The van der Waals surface area contributed by atoms with Gasteiger partial charge in [0, 0.05) is 44.2 Å². The van der Waals surface area contributed by atoms with Crippen molar-refractivity contribution in [1.82, 2.24) is 9.13 Å². The van der Waals surface area contributed by atoms with E-state index in [9.17, 15) is 0 Å². The molecule has 0 saturated heterocycles. The average Bonchev–Trinajstić information content (AvgIpc) is 3.93. The Hall–Kier alpha value is -7.94. The van der Waals surface area contributed by atoms with Gasteiger partial charge in [-0.2, -0.15) is 0 Å². The predicted molar refractivity (Wildman–Crippen MR) is 276 cm³/mol. The molecule has 65 heavy (non-hydrogen) atoms. The highest BCUT2D eigenvalue weighted by atomic mass is 15.0. The lowest BCUT2D eigenvalue weighted by atomic mass is 9.82. The zero-order valence-corrected chi connectivity index (χ0v) is 37.2. The fourth-order valence-electron chi connectivity index (χ4n) is 10.9. The number of benzene rings is 9. The molecule has 2 nitrogen and oxygen atoms in total. The maximum Gasteiger partial charge on any atom is 0.0547 e. The molecule has 0 unspecified atom stereocenters. The molecule has 1 aliphatic rings. The Labute approximate surface area is 381 Å². The molecule has 0 N–H and O–H groups in total. The lowest BCUT2D eigenvalue weighted by Gasteiger charge is -2.22. The van der Waals surface area contributed by atoms with Crippen LogP contribution < -0.4 is 0 Å². The number of hydrogen-bond donors (Lipinski definition) is 0. The molecule has 0 spiro atoms. The van der Waals surface area contributed by atoms with Gasteiger partial charge in [-0.25, -0.2) is 0 Å². The average molecular weight is 833 g/mol. The second-order valence-corrected chi connectivity index (χ2v) is 18.1. The van der Waals surface area contributed by atoms with E-state index in [1.165, 1.54) is 116 Å². The maximum absolute atomic E-state index is 2.48. The molecule has 0 saturated carbocycles. The molecule has 9 aromatic carbocycles. The van der Waals surface area contributed by atoms with E-state index >= 15 is 0 Å². The lowest BCUT2D eigenvalue weighted by Crippen LogP contribution is -2.15. The predicted octanol–water partition coefficient (Wildman–Crippen LogP) is 17.0. The molecule has 2 aromatic heterocycles. The van der Waals surface area contributed by atoms with Crippen molar-refractivity contribution in [3.63, 3.8) is 0 Å². The largest absolute Gasteiger partial charge is 0.313 e. The summed E-state index contributed by atoms with van der Waals surface area (Å²) in [5, 5.41) is 3.75. The first-order valence-corrected chi connectivity index (χ1v) is 22.8. The third kappa shape index (κ3) is 6.16. The van der Waals surface area contributed by atoms with Crippen LogP contribution in [-0.4, -0.2) is 9.13 Å². The van der Waals surface area contributed by atoms with Crippen molar-refractivity contribution in [3.8, 4) is 67.0 Å². The van der Waals surface area contributed by atoms with Crippen LogP contribution in [0.4, 0.5) is 0 Å². The Bertz CT molecular complexity index is 3690. The molecule has 310 valence electrons. The molecule has 0 radical (unpaired) electrons. The summed E-state index contributed by atoms with van der Waals surface area (Å²) in [4.78, 5) is 0. The molecule has 0 amide bonds. The number of nitrogens with zero attached hydrogens (tertiary/aromatic N) is 2. The summed E-state index contributed by atoms with van der Waals surface area (Å²) < 4.78 is 4.92. The van der Waals surface area contributed by atoms with Gasteiger partial charge < -0.3 is 9.13 Å². The Morgan fingerprint density at radius 2 is 0.969 bits per heavy atom. The van der Waals surface area contributed by atoms with Crippen LogP contribution in [0.3, 0.4) is 0 Å². The van der Waals surface area contributed by atoms with Crippen molar-refractivity contribution in [3.05, 3.63) is 235 Å². The Kier molecular flexibility index (Phi) is 9.00. The summed E-state index contributed by atoms with van der Waals surface area (Å²) in [7, 11) is 0. The van der Waals surface area contributed by atoms with Crippen molar-refractivity contribution in [2.24, 2.45) is 0 Å². The maximum atomic E-state index is 2.48. The van der Waals surface area contributed by atoms with Crippen LogP contribution in [0, 0.1) is 6.92 Å². The normalized spacial score (nSPS) is 13.0. The number of rotatable bonds is 7. The van der Waals surface area contributed by atoms with Gasteiger partial charge in [-0.3, -0.25) is 0 Å². The first-order valence-electron chi connectivity index (χ1n) is 22.8. The monoisotopic (exact) mass is 832 g/mol. The summed E-state index contributed by atoms with van der Waals surface area (Å²) in [6, 6.07) is 76.3.